The SMILES string of the molecule is CCCCCCCCCCCCCCCCCC[C@](O)(CO)[C@H]1OC(=O)C(O)=C1O. The molecule has 4 N–H and O–H groups in total. The van der Waals surface area contributed by atoms with Crippen molar-refractivity contribution in [3.05, 3.63) is 11.5 Å². The van der Waals surface area contributed by atoms with E-state index in [9.17, 15) is 25.2 Å². The highest BCUT2D eigenvalue weighted by Crippen LogP contribution is 2.31. The standard InChI is InChI=1S/C24H44O6/c1-2-3-4-5-6-7-8-9-10-11-12-13-14-15-16-17-18-24(29,19-25)22-20(26)21(27)23(28)30-22/h22,25-27,29H,2-19H2,1H3/t22-,24-/m0/s1. The molecule has 176 valence electrons. The molecule has 0 bridgehead atoms. The minimum atomic E-state index is -1.76. The van der Waals surface area contributed by atoms with E-state index >= 15 is 0 Å². The second-order valence-corrected chi connectivity index (χ2v) is 8.83. The first-order chi connectivity index (χ1) is 14.5. The Bertz CT molecular complexity index is 504. The van der Waals surface area contributed by atoms with E-state index in [0.29, 0.717) is 6.42 Å². The van der Waals surface area contributed by atoms with Crippen LogP contribution in [-0.4, -0.2) is 44.7 Å². The van der Waals surface area contributed by atoms with Gasteiger partial charge in [0.05, 0.1) is 6.61 Å². The van der Waals surface area contributed by atoms with Crippen molar-refractivity contribution in [2.45, 2.75) is 128 Å². The first-order valence-corrected chi connectivity index (χ1v) is 12.1. The number of rotatable bonds is 19. The molecule has 0 amide bonds. The Morgan fingerprint density at radius 1 is 0.767 bits per heavy atom. The van der Waals surface area contributed by atoms with Gasteiger partial charge in [0.2, 0.25) is 5.76 Å². The van der Waals surface area contributed by atoms with E-state index < -0.39 is 35.8 Å². The minimum Gasteiger partial charge on any atom is -0.505 e. The number of aliphatic hydroxyl groups excluding tert-OH is 3. The predicted molar refractivity (Wildman–Crippen MR) is 118 cm³/mol. The van der Waals surface area contributed by atoms with Crippen LogP contribution in [0.15, 0.2) is 11.5 Å². The van der Waals surface area contributed by atoms with E-state index in [1.54, 1.807) is 0 Å². The molecule has 0 fully saturated rings. The highest BCUT2D eigenvalue weighted by atomic mass is 16.6. The van der Waals surface area contributed by atoms with Crippen molar-refractivity contribution >= 4 is 5.97 Å². The zero-order valence-corrected chi connectivity index (χ0v) is 18.9. The molecule has 1 heterocycles. The zero-order chi connectivity index (χ0) is 22.2. The summed E-state index contributed by atoms with van der Waals surface area (Å²) in [7, 11) is 0. The first kappa shape index (κ1) is 26.8. The molecule has 0 aromatic carbocycles. The molecule has 1 aliphatic rings. The van der Waals surface area contributed by atoms with Crippen molar-refractivity contribution in [3.8, 4) is 0 Å². The van der Waals surface area contributed by atoms with E-state index in [2.05, 4.69) is 6.92 Å². The molecule has 2 atom stereocenters. The summed E-state index contributed by atoms with van der Waals surface area (Å²) >= 11 is 0. The van der Waals surface area contributed by atoms with Crippen molar-refractivity contribution in [1.29, 1.82) is 0 Å². The number of esters is 1. The summed E-state index contributed by atoms with van der Waals surface area (Å²) in [4.78, 5) is 11.3. The monoisotopic (exact) mass is 428 g/mol. The van der Waals surface area contributed by atoms with E-state index in [-0.39, 0.29) is 6.42 Å². The van der Waals surface area contributed by atoms with Crippen molar-refractivity contribution in [2.24, 2.45) is 0 Å². The van der Waals surface area contributed by atoms with Gasteiger partial charge in [-0.2, -0.15) is 0 Å². The van der Waals surface area contributed by atoms with Crippen molar-refractivity contribution < 1.29 is 30.0 Å². The molecule has 1 rings (SSSR count). The van der Waals surface area contributed by atoms with Crippen molar-refractivity contribution in [3.63, 3.8) is 0 Å². The summed E-state index contributed by atoms with van der Waals surface area (Å²) in [5.74, 6) is -2.66. The number of unbranched alkanes of at least 4 members (excludes halogenated alkanes) is 15. The molecular formula is C24H44O6. The van der Waals surface area contributed by atoms with Gasteiger partial charge in [-0.25, -0.2) is 4.79 Å². The number of aliphatic hydroxyl groups is 4. The summed E-state index contributed by atoms with van der Waals surface area (Å²) in [5, 5.41) is 39.1. The Morgan fingerprint density at radius 3 is 1.50 bits per heavy atom. The van der Waals surface area contributed by atoms with Gasteiger partial charge in [0.1, 0.15) is 5.60 Å². The molecule has 0 saturated heterocycles. The summed E-state index contributed by atoms with van der Waals surface area (Å²) < 4.78 is 4.80. The number of ether oxygens (including phenoxy) is 1. The lowest BCUT2D eigenvalue weighted by Gasteiger charge is -2.30. The van der Waals surface area contributed by atoms with Crippen molar-refractivity contribution in [2.75, 3.05) is 6.61 Å². The largest absolute Gasteiger partial charge is 0.505 e. The van der Waals surface area contributed by atoms with Gasteiger partial charge in [-0.3, -0.25) is 0 Å². The molecule has 0 radical (unpaired) electrons. The zero-order valence-electron chi connectivity index (χ0n) is 18.9. The van der Waals surface area contributed by atoms with Gasteiger partial charge in [-0.05, 0) is 6.42 Å². The van der Waals surface area contributed by atoms with Gasteiger partial charge in [-0.15, -0.1) is 0 Å². The molecule has 1 aliphatic heterocycles. The van der Waals surface area contributed by atoms with Crippen molar-refractivity contribution in [1.82, 2.24) is 0 Å². The molecule has 0 unspecified atom stereocenters. The summed E-state index contributed by atoms with van der Waals surface area (Å²) in [5.41, 5.74) is -1.76. The quantitative estimate of drug-likeness (QED) is 0.157. The smallest absolute Gasteiger partial charge is 0.378 e. The van der Waals surface area contributed by atoms with Gasteiger partial charge < -0.3 is 25.2 Å². The molecule has 30 heavy (non-hydrogen) atoms. The van der Waals surface area contributed by atoms with E-state index in [1.807, 2.05) is 0 Å². The molecule has 6 nitrogen and oxygen atoms in total. The lowest BCUT2D eigenvalue weighted by Crippen LogP contribution is -2.47. The van der Waals surface area contributed by atoms with Crippen LogP contribution in [0.5, 0.6) is 0 Å². The van der Waals surface area contributed by atoms with Crippen LogP contribution in [0, 0.1) is 0 Å². The average Bonchev–Trinajstić information content (AvgIpc) is 3.01. The molecule has 0 saturated carbocycles. The first-order valence-electron chi connectivity index (χ1n) is 12.1. The van der Waals surface area contributed by atoms with Gasteiger partial charge in [0.25, 0.3) is 0 Å². The lowest BCUT2D eigenvalue weighted by molar-refractivity contribution is -0.160. The fraction of sp³-hybridized carbons (Fsp3) is 0.875. The predicted octanol–water partition coefficient (Wildman–Crippen LogP) is 5.61. The summed E-state index contributed by atoms with van der Waals surface area (Å²) in [6.07, 6.45) is 18.7. The van der Waals surface area contributed by atoms with Crippen LogP contribution in [0.3, 0.4) is 0 Å². The van der Waals surface area contributed by atoms with Crippen LogP contribution in [-0.2, 0) is 9.53 Å². The second kappa shape index (κ2) is 15.5. The van der Waals surface area contributed by atoms with Crippen LogP contribution in [0.1, 0.15) is 116 Å². The second-order valence-electron chi connectivity index (χ2n) is 8.83. The Morgan fingerprint density at radius 2 is 1.17 bits per heavy atom. The number of carbonyl (C=O) groups excluding carboxylic acids is 1. The number of hydrogen-bond donors (Lipinski definition) is 4. The Kier molecular flexibility index (Phi) is 13.8. The number of hydrogen-bond acceptors (Lipinski definition) is 6. The third-order valence-corrected chi connectivity index (χ3v) is 6.13. The summed E-state index contributed by atoms with van der Waals surface area (Å²) in [6, 6.07) is 0. The molecular weight excluding hydrogens is 384 g/mol. The molecule has 0 aromatic heterocycles. The molecule has 0 aromatic rings. The van der Waals surface area contributed by atoms with Crippen LogP contribution >= 0.6 is 0 Å². The van der Waals surface area contributed by atoms with E-state index in [4.69, 9.17) is 4.74 Å². The lowest BCUT2D eigenvalue weighted by atomic mass is 9.89. The normalized spacial score (nSPS) is 18.6. The third kappa shape index (κ3) is 9.69. The highest BCUT2D eigenvalue weighted by molar-refractivity contribution is 5.89. The van der Waals surface area contributed by atoms with Gasteiger partial charge >= 0.3 is 5.97 Å². The van der Waals surface area contributed by atoms with E-state index in [1.165, 1.54) is 77.0 Å². The average molecular weight is 429 g/mol. The Labute approximate surface area is 182 Å². The topological polar surface area (TPSA) is 107 Å². The van der Waals surface area contributed by atoms with Gasteiger partial charge in [0.15, 0.2) is 11.9 Å². The highest BCUT2D eigenvalue weighted by Gasteiger charge is 2.48. The molecule has 0 spiro atoms. The fourth-order valence-electron chi connectivity index (χ4n) is 4.08. The van der Waals surface area contributed by atoms with E-state index in [0.717, 1.165) is 19.3 Å². The molecule has 6 heteroatoms. The van der Waals surface area contributed by atoms with Gasteiger partial charge in [-0.1, -0.05) is 110 Å². The molecule has 0 aliphatic carbocycles. The fourth-order valence-corrected chi connectivity index (χ4v) is 4.08. The van der Waals surface area contributed by atoms with Crippen LogP contribution in [0.2, 0.25) is 0 Å². The maximum absolute atomic E-state index is 11.3. The summed E-state index contributed by atoms with van der Waals surface area (Å²) in [6.45, 7) is 1.60. The third-order valence-electron chi connectivity index (χ3n) is 6.13. The maximum atomic E-state index is 11.3. The minimum absolute atomic E-state index is 0.192. The van der Waals surface area contributed by atoms with Crippen LogP contribution < -0.4 is 0 Å². The van der Waals surface area contributed by atoms with Gasteiger partial charge in [0, 0.05) is 0 Å². The van der Waals surface area contributed by atoms with Crippen LogP contribution in [0.25, 0.3) is 0 Å². The Hall–Kier alpha value is -1.27. The number of carbonyl (C=O) groups is 1. The number of cyclic esters (lactones) is 1. The van der Waals surface area contributed by atoms with Crippen LogP contribution in [0.4, 0.5) is 0 Å². The Balaban J connectivity index is 1.97. The maximum Gasteiger partial charge on any atom is 0.378 e.